The Morgan fingerprint density at radius 3 is 3.08 bits per heavy atom. The highest BCUT2D eigenvalue weighted by molar-refractivity contribution is 7.13. The van der Waals surface area contributed by atoms with Crippen LogP contribution >= 0.6 is 11.3 Å². The van der Waals surface area contributed by atoms with Crippen LogP contribution < -0.4 is 14.9 Å². The van der Waals surface area contributed by atoms with Crippen molar-refractivity contribution in [2.75, 3.05) is 25.7 Å². The molecule has 0 bridgehead atoms. The second-order valence-corrected chi connectivity index (χ2v) is 5.68. The Morgan fingerprint density at radius 1 is 1.50 bits per heavy atom. The number of carbonyl (C=O) groups is 1. The average molecular weight is 374 g/mol. The molecule has 0 fully saturated rings. The number of thiazole rings is 1. The number of esters is 1. The largest absolute Gasteiger partial charge is 0.493 e. The summed E-state index contributed by atoms with van der Waals surface area (Å²) in [5.74, 6) is 0.628. The van der Waals surface area contributed by atoms with Crippen molar-refractivity contribution in [3.63, 3.8) is 0 Å². The lowest BCUT2D eigenvalue weighted by atomic mass is 10.2. The van der Waals surface area contributed by atoms with E-state index >= 15 is 0 Å². The molecule has 0 radical (unpaired) electrons. The maximum atomic E-state index is 11.4. The quantitative estimate of drug-likeness (QED) is 0.408. The maximum Gasteiger partial charge on any atom is 0.311 e. The predicted octanol–water partition coefficient (Wildman–Crippen LogP) is 2.61. The summed E-state index contributed by atoms with van der Waals surface area (Å²) in [6.07, 6.45) is 1.67. The predicted molar refractivity (Wildman–Crippen MR) is 97.8 cm³/mol. The lowest BCUT2D eigenvalue weighted by Crippen LogP contribution is -2.07. The maximum absolute atomic E-state index is 11.4. The Bertz CT molecular complexity index is 813. The third-order valence-corrected chi connectivity index (χ3v) is 3.85. The molecule has 0 spiro atoms. The topological polar surface area (TPSA) is 106 Å². The van der Waals surface area contributed by atoms with Crippen molar-refractivity contribution < 1.29 is 19.0 Å². The fraction of sp³-hybridized carbons (Fsp3) is 0.294. The molecule has 136 valence electrons. The molecule has 2 aromatic rings. The number of ether oxygens (including phenoxy) is 3. The first-order valence-corrected chi connectivity index (χ1v) is 8.61. The van der Waals surface area contributed by atoms with E-state index in [1.54, 1.807) is 36.7 Å². The van der Waals surface area contributed by atoms with E-state index < -0.39 is 0 Å². The van der Waals surface area contributed by atoms with Crippen LogP contribution in [0.25, 0.3) is 0 Å². The standard InChI is InChI=1S/C17H18N4O4S/c1-3-24-15(22)9-13-11-26-17(20-13)21-19-10-12-5-4-6-14(23-2)16(12)25-8-7-18/h4-6,10-11H,3,8-9H2,1-2H3,(H,20,21). The Kier molecular flexibility index (Phi) is 7.39. The van der Waals surface area contributed by atoms with Crippen molar-refractivity contribution in [1.29, 1.82) is 5.26 Å². The minimum atomic E-state index is -0.316. The number of hydrazone groups is 1. The van der Waals surface area contributed by atoms with Gasteiger partial charge >= 0.3 is 5.97 Å². The number of anilines is 1. The molecule has 0 saturated heterocycles. The molecule has 1 heterocycles. The van der Waals surface area contributed by atoms with E-state index in [1.807, 2.05) is 6.07 Å². The summed E-state index contributed by atoms with van der Waals surface area (Å²) in [6, 6.07) is 7.23. The normalized spacial score (nSPS) is 10.3. The summed E-state index contributed by atoms with van der Waals surface area (Å²) in [4.78, 5) is 15.7. The number of para-hydroxylation sites is 1. The average Bonchev–Trinajstić information content (AvgIpc) is 3.07. The molecule has 0 atom stereocenters. The molecular weight excluding hydrogens is 356 g/mol. The van der Waals surface area contributed by atoms with Gasteiger partial charge in [-0.05, 0) is 19.1 Å². The Balaban J connectivity index is 2.03. The Labute approximate surface area is 155 Å². The van der Waals surface area contributed by atoms with Gasteiger partial charge in [0.1, 0.15) is 6.07 Å². The van der Waals surface area contributed by atoms with Gasteiger partial charge < -0.3 is 14.2 Å². The van der Waals surface area contributed by atoms with Crippen LogP contribution in [0.3, 0.4) is 0 Å². The first-order chi connectivity index (χ1) is 12.7. The third-order valence-electron chi connectivity index (χ3n) is 3.06. The van der Waals surface area contributed by atoms with Crippen molar-refractivity contribution in [2.24, 2.45) is 5.10 Å². The summed E-state index contributed by atoms with van der Waals surface area (Å²) in [5.41, 5.74) is 4.07. The second-order valence-electron chi connectivity index (χ2n) is 4.82. The highest BCUT2D eigenvalue weighted by atomic mass is 32.1. The molecule has 1 N–H and O–H groups in total. The van der Waals surface area contributed by atoms with E-state index in [2.05, 4.69) is 15.5 Å². The van der Waals surface area contributed by atoms with Crippen molar-refractivity contribution in [3.8, 4) is 17.6 Å². The molecule has 0 aliphatic heterocycles. The van der Waals surface area contributed by atoms with Gasteiger partial charge in [-0.3, -0.25) is 10.2 Å². The summed E-state index contributed by atoms with van der Waals surface area (Å²) >= 11 is 1.33. The zero-order valence-corrected chi connectivity index (χ0v) is 15.2. The third kappa shape index (κ3) is 5.46. The Hall–Kier alpha value is -3.12. The van der Waals surface area contributed by atoms with Gasteiger partial charge in [0.25, 0.3) is 0 Å². The van der Waals surface area contributed by atoms with Crippen LogP contribution in [-0.2, 0) is 16.0 Å². The minimum absolute atomic E-state index is 0.0989. The van der Waals surface area contributed by atoms with E-state index in [1.165, 1.54) is 18.4 Å². The van der Waals surface area contributed by atoms with Crippen molar-refractivity contribution in [3.05, 3.63) is 34.8 Å². The first-order valence-electron chi connectivity index (χ1n) is 7.73. The lowest BCUT2D eigenvalue weighted by Gasteiger charge is -2.10. The van der Waals surface area contributed by atoms with E-state index in [0.717, 1.165) is 0 Å². The molecule has 8 nitrogen and oxygen atoms in total. The monoisotopic (exact) mass is 374 g/mol. The number of aromatic nitrogens is 1. The van der Waals surface area contributed by atoms with Crippen molar-refractivity contribution in [1.82, 2.24) is 4.98 Å². The van der Waals surface area contributed by atoms with E-state index in [9.17, 15) is 4.79 Å². The van der Waals surface area contributed by atoms with Gasteiger partial charge in [-0.1, -0.05) is 6.07 Å². The van der Waals surface area contributed by atoms with E-state index in [0.29, 0.717) is 34.5 Å². The first kappa shape index (κ1) is 19.2. The second kappa shape index (κ2) is 10.0. The fourth-order valence-corrected chi connectivity index (χ4v) is 2.67. The number of nitrogens with zero attached hydrogens (tertiary/aromatic N) is 3. The molecule has 0 unspecified atom stereocenters. The number of hydrogen-bond acceptors (Lipinski definition) is 9. The fourth-order valence-electron chi connectivity index (χ4n) is 2.01. The van der Waals surface area contributed by atoms with Crippen LogP contribution in [-0.4, -0.2) is 37.5 Å². The molecule has 0 aliphatic rings. The molecule has 0 aliphatic carbocycles. The molecule has 1 aromatic carbocycles. The molecule has 0 amide bonds. The van der Waals surface area contributed by atoms with Gasteiger partial charge in [-0.15, -0.1) is 11.3 Å². The molecular formula is C17H18N4O4S. The number of nitrogens with one attached hydrogen (secondary N) is 1. The molecule has 2 rings (SSSR count). The lowest BCUT2D eigenvalue weighted by molar-refractivity contribution is -0.142. The number of benzene rings is 1. The van der Waals surface area contributed by atoms with E-state index in [4.69, 9.17) is 19.5 Å². The summed E-state index contributed by atoms with van der Waals surface area (Å²) in [5, 5.41) is 15.1. The number of hydrogen-bond donors (Lipinski definition) is 1. The van der Waals surface area contributed by atoms with Gasteiger partial charge in [-0.25, -0.2) is 4.98 Å². The molecule has 9 heteroatoms. The summed E-state index contributed by atoms with van der Waals surface area (Å²) < 4.78 is 15.5. The number of methoxy groups -OCH3 is 1. The van der Waals surface area contributed by atoms with E-state index in [-0.39, 0.29) is 19.0 Å². The van der Waals surface area contributed by atoms with Crippen LogP contribution in [0.15, 0.2) is 28.7 Å². The highest BCUT2D eigenvalue weighted by Crippen LogP contribution is 2.30. The van der Waals surface area contributed by atoms with Gasteiger partial charge in [0.05, 0.1) is 32.0 Å². The highest BCUT2D eigenvalue weighted by Gasteiger charge is 2.10. The van der Waals surface area contributed by atoms with Crippen LogP contribution in [0, 0.1) is 11.3 Å². The van der Waals surface area contributed by atoms with Gasteiger partial charge in [0.15, 0.2) is 18.1 Å². The van der Waals surface area contributed by atoms with Crippen LogP contribution in [0.4, 0.5) is 5.13 Å². The number of carbonyl (C=O) groups excluding carboxylic acids is 1. The van der Waals surface area contributed by atoms with Crippen LogP contribution in [0.5, 0.6) is 11.5 Å². The van der Waals surface area contributed by atoms with Crippen molar-refractivity contribution in [2.45, 2.75) is 13.3 Å². The Morgan fingerprint density at radius 2 is 2.35 bits per heavy atom. The smallest absolute Gasteiger partial charge is 0.311 e. The van der Waals surface area contributed by atoms with Crippen LogP contribution in [0.2, 0.25) is 0 Å². The molecule has 1 aromatic heterocycles. The minimum Gasteiger partial charge on any atom is -0.493 e. The van der Waals surface area contributed by atoms with Gasteiger partial charge in [0.2, 0.25) is 5.13 Å². The molecule has 26 heavy (non-hydrogen) atoms. The van der Waals surface area contributed by atoms with Crippen LogP contribution in [0.1, 0.15) is 18.2 Å². The number of rotatable bonds is 9. The van der Waals surface area contributed by atoms with Crippen molar-refractivity contribution >= 4 is 28.7 Å². The molecule has 0 saturated carbocycles. The summed E-state index contributed by atoms with van der Waals surface area (Å²) in [6.45, 7) is 2.00. The summed E-state index contributed by atoms with van der Waals surface area (Å²) in [7, 11) is 1.52. The zero-order chi connectivity index (χ0) is 18.8. The zero-order valence-electron chi connectivity index (χ0n) is 14.4. The SMILES string of the molecule is CCOC(=O)Cc1csc(NN=Cc2cccc(OC)c2OCC#N)n1. The number of nitriles is 1. The van der Waals surface area contributed by atoms with Gasteiger partial charge in [0, 0.05) is 10.9 Å². The van der Waals surface area contributed by atoms with Gasteiger partial charge in [-0.2, -0.15) is 10.4 Å².